The number of hydrogen-bond acceptors (Lipinski definition) is 4. The summed E-state index contributed by atoms with van der Waals surface area (Å²) in [6.07, 6.45) is 2.50. The van der Waals surface area contributed by atoms with Crippen LogP contribution in [-0.2, 0) is 10.9 Å². The Bertz CT molecular complexity index is 640. The molecule has 0 spiro atoms. The molecule has 0 bridgehead atoms. The van der Waals surface area contributed by atoms with Gasteiger partial charge in [0.2, 0.25) is 0 Å². The minimum atomic E-state index is -4.42. The van der Waals surface area contributed by atoms with E-state index in [4.69, 9.17) is 10.5 Å². The smallest absolute Gasteiger partial charge is 0.397 e. The van der Waals surface area contributed by atoms with Gasteiger partial charge >= 0.3 is 6.18 Å². The number of nitrogens with zero attached hydrogens (tertiary/aromatic N) is 1. The zero-order valence-corrected chi connectivity index (χ0v) is 17.1. The minimum absolute atomic E-state index is 0.0130. The van der Waals surface area contributed by atoms with Crippen LogP contribution < -0.4 is 11.1 Å². The maximum atomic E-state index is 13.0. The lowest BCUT2D eigenvalue weighted by atomic mass is 9.90. The standard InChI is InChI=1S/C19H27BrF3N3O/c1-27-14-4-2-13(3-5-14)26-8-6-12(7-9-26)25-18-11-16(20)15(10-17(18)24)19(21,22)23/h10-14,25H,2-9,24H2,1H3/t13-,14+. The Morgan fingerprint density at radius 2 is 1.74 bits per heavy atom. The van der Waals surface area contributed by atoms with E-state index in [1.54, 1.807) is 7.11 Å². The average molecular weight is 450 g/mol. The van der Waals surface area contributed by atoms with Gasteiger partial charge < -0.3 is 20.7 Å². The van der Waals surface area contributed by atoms with E-state index in [2.05, 4.69) is 26.1 Å². The summed E-state index contributed by atoms with van der Waals surface area (Å²) < 4.78 is 44.4. The van der Waals surface area contributed by atoms with Crippen LogP contribution in [0.25, 0.3) is 0 Å². The van der Waals surface area contributed by atoms with Gasteiger partial charge in [0.25, 0.3) is 0 Å². The highest BCUT2D eigenvalue weighted by atomic mass is 79.9. The first-order valence-electron chi connectivity index (χ1n) is 9.47. The van der Waals surface area contributed by atoms with E-state index in [1.165, 1.54) is 18.9 Å². The molecule has 4 nitrogen and oxygen atoms in total. The van der Waals surface area contributed by atoms with Crippen LogP contribution in [0.1, 0.15) is 44.1 Å². The molecule has 1 aromatic rings. The number of methoxy groups -OCH3 is 1. The van der Waals surface area contributed by atoms with Crippen molar-refractivity contribution in [1.29, 1.82) is 0 Å². The highest BCUT2D eigenvalue weighted by Gasteiger charge is 2.34. The van der Waals surface area contributed by atoms with Crippen LogP contribution in [-0.4, -0.2) is 43.3 Å². The zero-order chi connectivity index (χ0) is 19.6. The lowest BCUT2D eigenvalue weighted by molar-refractivity contribution is -0.138. The zero-order valence-electron chi connectivity index (χ0n) is 15.5. The molecule has 8 heteroatoms. The van der Waals surface area contributed by atoms with Crippen molar-refractivity contribution in [2.24, 2.45) is 0 Å². The normalized spacial score (nSPS) is 25.5. The number of ether oxygens (including phenoxy) is 1. The first-order valence-corrected chi connectivity index (χ1v) is 10.3. The Kier molecular flexibility index (Phi) is 6.58. The average Bonchev–Trinajstić information content (AvgIpc) is 2.64. The number of halogens is 4. The Labute approximate surface area is 166 Å². The summed E-state index contributed by atoms with van der Waals surface area (Å²) in [4.78, 5) is 2.55. The molecule has 1 saturated heterocycles. The van der Waals surface area contributed by atoms with Gasteiger partial charge in [0, 0.05) is 36.8 Å². The summed E-state index contributed by atoms with van der Waals surface area (Å²) in [5.74, 6) is 0. The number of anilines is 2. The molecule has 2 aliphatic rings. The molecule has 3 rings (SSSR count). The Balaban J connectivity index is 1.54. The van der Waals surface area contributed by atoms with Crippen molar-refractivity contribution in [2.45, 2.75) is 62.9 Å². The fraction of sp³-hybridized carbons (Fsp3) is 0.684. The van der Waals surface area contributed by atoms with Crippen LogP contribution in [0.3, 0.4) is 0 Å². The second kappa shape index (κ2) is 8.57. The third-order valence-corrected chi connectivity index (χ3v) is 6.48. The summed E-state index contributed by atoms with van der Waals surface area (Å²) in [5, 5.41) is 3.34. The number of nitrogens with two attached hydrogens (primary N) is 1. The number of piperidine rings is 1. The second-order valence-electron chi connectivity index (χ2n) is 7.54. The molecule has 0 radical (unpaired) electrons. The number of alkyl halides is 3. The highest BCUT2D eigenvalue weighted by molar-refractivity contribution is 9.10. The van der Waals surface area contributed by atoms with Gasteiger partial charge in [0.05, 0.1) is 23.0 Å². The molecule has 0 unspecified atom stereocenters. The number of nitrogens with one attached hydrogen (secondary N) is 1. The topological polar surface area (TPSA) is 50.5 Å². The summed E-state index contributed by atoms with van der Waals surface area (Å²) in [6, 6.07) is 3.29. The Hall–Kier alpha value is -0.990. The molecule has 1 aliphatic heterocycles. The van der Waals surface area contributed by atoms with Crippen molar-refractivity contribution >= 4 is 27.3 Å². The van der Waals surface area contributed by atoms with E-state index < -0.39 is 11.7 Å². The number of rotatable bonds is 4. The van der Waals surface area contributed by atoms with Gasteiger partial charge in [-0.05, 0) is 50.7 Å². The third kappa shape index (κ3) is 5.09. The summed E-state index contributed by atoms with van der Waals surface area (Å²) >= 11 is 3.02. The number of benzene rings is 1. The molecular weight excluding hydrogens is 423 g/mol. The van der Waals surface area contributed by atoms with Crippen molar-refractivity contribution in [3.63, 3.8) is 0 Å². The van der Waals surface area contributed by atoms with Crippen LogP contribution in [0.5, 0.6) is 0 Å². The molecule has 0 aromatic heterocycles. The van der Waals surface area contributed by atoms with E-state index in [0.29, 0.717) is 17.8 Å². The third-order valence-electron chi connectivity index (χ3n) is 5.83. The Morgan fingerprint density at radius 1 is 1.11 bits per heavy atom. The van der Waals surface area contributed by atoms with Crippen molar-refractivity contribution in [3.05, 3.63) is 22.2 Å². The SMILES string of the molecule is CO[C@H]1CC[C@@H](N2CCC(Nc3cc(Br)c(C(F)(F)F)cc3N)CC2)CC1. The first kappa shape index (κ1) is 20.7. The Morgan fingerprint density at radius 3 is 2.30 bits per heavy atom. The van der Waals surface area contributed by atoms with E-state index in [9.17, 15) is 13.2 Å². The first-order chi connectivity index (χ1) is 12.8. The van der Waals surface area contributed by atoms with Gasteiger partial charge in [-0.1, -0.05) is 15.9 Å². The van der Waals surface area contributed by atoms with Gasteiger partial charge in [-0.15, -0.1) is 0 Å². The van der Waals surface area contributed by atoms with Crippen LogP contribution >= 0.6 is 15.9 Å². The maximum Gasteiger partial charge on any atom is 0.417 e. The van der Waals surface area contributed by atoms with E-state index >= 15 is 0 Å². The molecular formula is C19H27BrF3N3O. The van der Waals surface area contributed by atoms with Crippen molar-refractivity contribution in [2.75, 3.05) is 31.2 Å². The molecule has 0 amide bonds. The largest absolute Gasteiger partial charge is 0.417 e. The predicted molar refractivity (Wildman–Crippen MR) is 105 cm³/mol. The lowest BCUT2D eigenvalue weighted by Crippen LogP contribution is -2.46. The van der Waals surface area contributed by atoms with Gasteiger partial charge in [-0.25, -0.2) is 0 Å². The fourth-order valence-electron chi connectivity index (χ4n) is 4.21. The quantitative estimate of drug-likeness (QED) is 0.642. The van der Waals surface area contributed by atoms with Crippen molar-refractivity contribution in [1.82, 2.24) is 4.90 Å². The minimum Gasteiger partial charge on any atom is -0.397 e. The highest BCUT2D eigenvalue weighted by Crippen LogP contribution is 2.39. The summed E-state index contributed by atoms with van der Waals surface area (Å²) in [6.45, 7) is 2.00. The van der Waals surface area contributed by atoms with Crippen molar-refractivity contribution < 1.29 is 17.9 Å². The second-order valence-corrected chi connectivity index (χ2v) is 8.39. The van der Waals surface area contributed by atoms with Crippen LogP contribution in [0.2, 0.25) is 0 Å². The predicted octanol–water partition coefficient (Wildman–Crippen LogP) is 4.88. The van der Waals surface area contributed by atoms with Gasteiger partial charge in [0.15, 0.2) is 0 Å². The van der Waals surface area contributed by atoms with Crippen molar-refractivity contribution in [3.8, 4) is 0 Å². The van der Waals surface area contributed by atoms with E-state index in [1.807, 2.05) is 0 Å². The monoisotopic (exact) mass is 449 g/mol. The van der Waals surface area contributed by atoms with Crippen LogP contribution in [0, 0.1) is 0 Å². The molecule has 1 heterocycles. The molecule has 2 fully saturated rings. The lowest BCUT2D eigenvalue weighted by Gasteiger charge is -2.41. The number of nitrogen functional groups attached to an aromatic ring is 1. The molecule has 1 aromatic carbocycles. The van der Waals surface area contributed by atoms with Crippen LogP contribution in [0.15, 0.2) is 16.6 Å². The van der Waals surface area contributed by atoms with Gasteiger partial charge in [-0.2, -0.15) is 13.2 Å². The van der Waals surface area contributed by atoms with Crippen LogP contribution in [0.4, 0.5) is 24.5 Å². The number of likely N-dealkylation sites (tertiary alicyclic amines) is 1. The summed E-state index contributed by atoms with van der Waals surface area (Å²) in [5.41, 5.74) is 5.82. The fourth-order valence-corrected chi connectivity index (χ4v) is 4.78. The van der Waals surface area contributed by atoms with Gasteiger partial charge in [-0.3, -0.25) is 0 Å². The maximum absolute atomic E-state index is 13.0. The van der Waals surface area contributed by atoms with Gasteiger partial charge in [0.1, 0.15) is 0 Å². The molecule has 1 saturated carbocycles. The molecule has 27 heavy (non-hydrogen) atoms. The molecule has 152 valence electrons. The van der Waals surface area contributed by atoms with E-state index in [-0.39, 0.29) is 16.2 Å². The molecule has 1 aliphatic carbocycles. The summed E-state index contributed by atoms with van der Waals surface area (Å²) in [7, 11) is 1.79. The molecule has 3 N–H and O–H groups in total. The van der Waals surface area contributed by atoms with E-state index in [0.717, 1.165) is 44.8 Å². The number of hydrogen-bond donors (Lipinski definition) is 2. The molecule has 0 atom stereocenters.